The number of hydrogen-bond acceptors (Lipinski definition) is 3. The Morgan fingerprint density at radius 2 is 2.00 bits per heavy atom. The van der Waals surface area contributed by atoms with Crippen molar-refractivity contribution in [2.75, 3.05) is 14.1 Å². The first-order chi connectivity index (χ1) is 10.0. The van der Waals surface area contributed by atoms with Gasteiger partial charge in [0.05, 0.1) is 24.6 Å². The van der Waals surface area contributed by atoms with Crippen molar-refractivity contribution in [2.45, 2.75) is 19.9 Å². The van der Waals surface area contributed by atoms with Crippen molar-refractivity contribution in [2.24, 2.45) is 0 Å². The summed E-state index contributed by atoms with van der Waals surface area (Å²) >= 11 is 0. The fourth-order valence-corrected chi connectivity index (χ4v) is 2.02. The topological polar surface area (TPSA) is 61.9 Å². The molecular formula is C16H18N4O. The summed E-state index contributed by atoms with van der Waals surface area (Å²) < 4.78 is 1.66. The first kappa shape index (κ1) is 14.8. The molecule has 2 aromatic rings. The van der Waals surface area contributed by atoms with Crippen molar-refractivity contribution in [3.8, 4) is 17.3 Å². The van der Waals surface area contributed by atoms with Crippen LogP contribution >= 0.6 is 0 Å². The highest BCUT2D eigenvalue weighted by Crippen LogP contribution is 2.23. The number of aromatic nitrogens is 2. The zero-order chi connectivity index (χ0) is 15.4. The Hall–Kier alpha value is -2.61. The van der Waals surface area contributed by atoms with E-state index in [4.69, 9.17) is 5.26 Å². The Kier molecular flexibility index (Phi) is 4.39. The minimum atomic E-state index is -0.0891. The number of aryl methyl sites for hydroxylation is 2. The summed E-state index contributed by atoms with van der Waals surface area (Å²) in [4.78, 5) is 13.8. The molecule has 0 fully saturated rings. The van der Waals surface area contributed by atoms with Gasteiger partial charge < -0.3 is 4.90 Å². The van der Waals surface area contributed by atoms with E-state index in [1.54, 1.807) is 25.0 Å². The molecular weight excluding hydrogens is 264 g/mol. The summed E-state index contributed by atoms with van der Waals surface area (Å²) in [6, 6.07) is 9.99. The lowest BCUT2D eigenvalue weighted by atomic mass is 10.1. The third-order valence-corrected chi connectivity index (χ3v) is 3.18. The molecule has 1 amide bonds. The van der Waals surface area contributed by atoms with Crippen LogP contribution in [0.5, 0.6) is 0 Å². The molecule has 1 aromatic carbocycles. The first-order valence-corrected chi connectivity index (χ1v) is 6.76. The van der Waals surface area contributed by atoms with Crippen LogP contribution in [0.3, 0.4) is 0 Å². The monoisotopic (exact) mass is 282 g/mol. The summed E-state index contributed by atoms with van der Waals surface area (Å²) in [5.41, 5.74) is 3.28. The van der Waals surface area contributed by atoms with Gasteiger partial charge in [-0.1, -0.05) is 29.8 Å². The van der Waals surface area contributed by atoms with Crippen molar-refractivity contribution in [3.63, 3.8) is 0 Å². The van der Waals surface area contributed by atoms with E-state index in [0.717, 1.165) is 11.1 Å². The van der Waals surface area contributed by atoms with E-state index in [-0.39, 0.29) is 5.91 Å². The van der Waals surface area contributed by atoms with Crippen molar-refractivity contribution >= 4 is 5.91 Å². The molecule has 0 saturated carbocycles. The van der Waals surface area contributed by atoms with Crippen LogP contribution in [0.4, 0.5) is 0 Å². The highest BCUT2D eigenvalue weighted by Gasteiger charge is 2.19. The number of nitrogens with zero attached hydrogens (tertiary/aromatic N) is 4. The summed E-state index contributed by atoms with van der Waals surface area (Å²) in [5, 5.41) is 13.2. The molecule has 21 heavy (non-hydrogen) atoms. The Balaban J connectivity index is 2.46. The standard InChI is InChI=1S/C16H18N4O/c1-12-5-7-13(8-6-12)15-14(16(21)19(2)3)11-20(18-15)10-4-9-17/h5-8,11H,4,10H2,1-3H3. The molecule has 0 unspecified atom stereocenters. The molecule has 0 radical (unpaired) electrons. The van der Waals surface area contributed by atoms with Gasteiger partial charge in [-0.3, -0.25) is 9.48 Å². The smallest absolute Gasteiger partial charge is 0.257 e. The predicted molar refractivity (Wildman–Crippen MR) is 80.6 cm³/mol. The van der Waals surface area contributed by atoms with E-state index in [2.05, 4.69) is 11.2 Å². The number of carbonyl (C=O) groups is 1. The molecule has 108 valence electrons. The summed E-state index contributed by atoms with van der Waals surface area (Å²) in [5.74, 6) is -0.0891. The minimum Gasteiger partial charge on any atom is -0.345 e. The lowest BCUT2D eigenvalue weighted by Gasteiger charge is -2.09. The number of carbonyl (C=O) groups excluding carboxylic acids is 1. The molecule has 0 saturated heterocycles. The molecule has 0 atom stereocenters. The second-order valence-corrected chi connectivity index (χ2v) is 5.13. The maximum Gasteiger partial charge on any atom is 0.257 e. The van der Waals surface area contributed by atoms with E-state index in [1.807, 2.05) is 31.2 Å². The van der Waals surface area contributed by atoms with Gasteiger partial charge in [0, 0.05) is 25.9 Å². The van der Waals surface area contributed by atoms with E-state index in [9.17, 15) is 4.79 Å². The Morgan fingerprint density at radius 3 is 2.57 bits per heavy atom. The van der Waals surface area contributed by atoms with Gasteiger partial charge in [-0.2, -0.15) is 10.4 Å². The highest BCUT2D eigenvalue weighted by molar-refractivity contribution is 5.99. The lowest BCUT2D eigenvalue weighted by Crippen LogP contribution is -2.21. The number of rotatable bonds is 4. The van der Waals surface area contributed by atoms with Crippen LogP contribution in [0, 0.1) is 18.3 Å². The predicted octanol–water partition coefficient (Wildman–Crippen LogP) is 2.47. The quantitative estimate of drug-likeness (QED) is 0.865. The first-order valence-electron chi connectivity index (χ1n) is 6.76. The van der Waals surface area contributed by atoms with Gasteiger partial charge in [0.2, 0.25) is 0 Å². The Bertz CT molecular complexity index is 677. The molecule has 1 heterocycles. The molecule has 1 aromatic heterocycles. The van der Waals surface area contributed by atoms with Gasteiger partial charge in [-0.25, -0.2) is 0 Å². The lowest BCUT2D eigenvalue weighted by molar-refractivity contribution is 0.0828. The molecule has 5 heteroatoms. The normalized spacial score (nSPS) is 10.2. The summed E-state index contributed by atoms with van der Waals surface area (Å²) in [6.07, 6.45) is 2.08. The van der Waals surface area contributed by atoms with Crippen molar-refractivity contribution < 1.29 is 4.79 Å². The molecule has 0 aliphatic heterocycles. The SMILES string of the molecule is Cc1ccc(-c2nn(CCC#N)cc2C(=O)N(C)C)cc1. The van der Waals surface area contributed by atoms with E-state index >= 15 is 0 Å². The fraction of sp³-hybridized carbons (Fsp3) is 0.312. The van der Waals surface area contributed by atoms with Crippen molar-refractivity contribution in [1.82, 2.24) is 14.7 Å². The Morgan fingerprint density at radius 1 is 1.33 bits per heavy atom. The molecule has 5 nitrogen and oxygen atoms in total. The van der Waals surface area contributed by atoms with Crippen LogP contribution in [0.1, 0.15) is 22.3 Å². The Labute approximate surface area is 124 Å². The third-order valence-electron chi connectivity index (χ3n) is 3.18. The van der Waals surface area contributed by atoms with Gasteiger partial charge in [-0.15, -0.1) is 0 Å². The average molecular weight is 282 g/mol. The molecule has 2 rings (SSSR count). The van der Waals surface area contributed by atoms with Gasteiger partial charge >= 0.3 is 0 Å². The van der Waals surface area contributed by atoms with Gasteiger partial charge in [0.15, 0.2) is 0 Å². The number of amides is 1. The number of nitriles is 1. The number of benzene rings is 1. The van der Waals surface area contributed by atoms with E-state index in [0.29, 0.717) is 24.2 Å². The average Bonchev–Trinajstić information content (AvgIpc) is 2.89. The molecule has 0 N–H and O–H groups in total. The largest absolute Gasteiger partial charge is 0.345 e. The third kappa shape index (κ3) is 3.29. The maximum absolute atomic E-state index is 12.3. The van der Waals surface area contributed by atoms with E-state index in [1.165, 1.54) is 4.90 Å². The van der Waals surface area contributed by atoms with Crippen LogP contribution in [0.15, 0.2) is 30.5 Å². The molecule has 0 bridgehead atoms. The summed E-state index contributed by atoms with van der Waals surface area (Å²) in [7, 11) is 3.43. The molecule has 0 aliphatic rings. The minimum absolute atomic E-state index is 0.0891. The maximum atomic E-state index is 12.3. The van der Waals surface area contributed by atoms with Crippen LogP contribution in [0.25, 0.3) is 11.3 Å². The van der Waals surface area contributed by atoms with Crippen LogP contribution in [-0.2, 0) is 6.54 Å². The van der Waals surface area contributed by atoms with Crippen molar-refractivity contribution in [1.29, 1.82) is 5.26 Å². The van der Waals surface area contributed by atoms with E-state index < -0.39 is 0 Å². The zero-order valence-corrected chi connectivity index (χ0v) is 12.5. The van der Waals surface area contributed by atoms with Gasteiger partial charge in [0.1, 0.15) is 5.69 Å². The van der Waals surface area contributed by atoms with Crippen LogP contribution in [0.2, 0.25) is 0 Å². The molecule has 0 spiro atoms. The van der Waals surface area contributed by atoms with Crippen molar-refractivity contribution in [3.05, 3.63) is 41.6 Å². The fourth-order valence-electron chi connectivity index (χ4n) is 2.02. The number of hydrogen-bond donors (Lipinski definition) is 0. The zero-order valence-electron chi connectivity index (χ0n) is 12.5. The van der Waals surface area contributed by atoms with Crippen LogP contribution in [-0.4, -0.2) is 34.7 Å². The van der Waals surface area contributed by atoms with Gasteiger partial charge in [0.25, 0.3) is 5.91 Å². The van der Waals surface area contributed by atoms with Crippen LogP contribution < -0.4 is 0 Å². The van der Waals surface area contributed by atoms with Gasteiger partial charge in [-0.05, 0) is 6.92 Å². The summed E-state index contributed by atoms with van der Waals surface area (Å²) in [6.45, 7) is 2.50. The second kappa shape index (κ2) is 6.23. The highest BCUT2D eigenvalue weighted by atomic mass is 16.2. The second-order valence-electron chi connectivity index (χ2n) is 5.13. The molecule has 0 aliphatic carbocycles.